The molecule has 0 unspecified atom stereocenters. The molecule has 1 aliphatic carbocycles. The molecule has 2 aromatic rings. The summed E-state index contributed by atoms with van der Waals surface area (Å²) in [4.78, 5) is 12.4. The van der Waals surface area contributed by atoms with Crippen LogP contribution in [0.4, 0.5) is 0 Å². The number of halogens is 2. The highest BCUT2D eigenvalue weighted by Gasteiger charge is 2.42. The van der Waals surface area contributed by atoms with Crippen LogP contribution in [0.3, 0.4) is 0 Å². The van der Waals surface area contributed by atoms with Crippen molar-refractivity contribution in [2.75, 3.05) is 14.2 Å². The summed E-state index contributed by atoms with van der Waals surface area (Å²) in [5, 5.41) is -0.387. The molecular weight excluding hydrogens is 607 g/mol. The van der Waals surface area contributed by atoms with Crippen LogP contribution in [0.5, 0.6) is 17.2 Å². The molecule has 5 nitrogen and oxygen atoms in total. The summed E-state index contributed by atoms with van der Waals surface area (Å²) >= 11 is 9.26. The second kappa shape index (κ2) is 11.9. The van der Waals surface area contributed by atoms with Crippen molar-refractivity contribution in [2.45, 2.75) is 69.8 Å². The maximum absolute atomic E-state index is 12.4. The fourth-order valence-corrected chi connectivity index (χ4v) is 6.33. The lowest BCUT2D eigenvalue weighted by atomic mass is 10.0. The van der Waals surface area contributed by atoms with E-state index in [1.54, 1.807) is 20.3 Å². The van der Waals surface area contributed by atoms with E-state index in [2.05, 4.69) is 56.5 Å². The van der Waals surface area contributed by atoms with Crippen molar-refractivity contribution in [3.63, 3.8) is 0 Å². The van der Waals surface area contributed by atoms with E-state index in [0.717, 1.165) is 20.3 Å². The topological polar surface area (TPSA) is 54.0 Å². The first-order valence-corrected chi connectivity index (χ1v) is 16.5. The molecule has 0 bridgehead atoms. The number of hydrogen-bond acceptors (Lipinski definition) is 5. The smallest absolute Gasteiger partial charge is 0.203 e. The highest BCUT2D eigenvalue weighted by Crippen LogP contribution is 2.45. The standard InChI is InChI=1S/C28H36ClIO5Si/c1-28(2,3)36(6,7)35-24-14-19(31)13-20(24)22(29)15-21-23(30)16-25(27(33-5)26(21)32-4)34-17-18-11-9-8-10-12-18/h8-13,16,22,24H,14-15,17H2,1-7H3/t22-,24-/m0/s1. The minimum atomic E-state index is -2.08. The Bertz CT molecular complexity index is 1110. The van der Waals surface area contributed by atoms with Crippen molar-refractivity contribution in [3.05, 3.63) is 62.7 Å². The minimum absolute atomic E-state index is 0.0348. The number of allylic oxidation sites excluding steroid dienone is 1. The molecule has 3 rings (SSSR count). The lowest BCUT2D eigenvalue weighted by Gasteiger charge is -2.39. The summed E-state index contributed by atoms with van der Waals surface area (Å²) in [5.74, 6) is 1.78. The van der Waals surface area contributed by atoms with E-state index in [9.17, 15) is 4.79 Å². The van der Waals surface area contributed by atoms with Gasteiger partial charge < -0.3 is 18.6 Å². The van der Waals surface area contributed by atoms with E-state index in [1.807, 2.05) is 36.4 Å². The number of alkyl halides is 1. The van der Waals surface area contributed by atoms with E-state index in [0.29, 0.717) is 36.7 Å². The van der Waals surface area contributed by atoms with E-state index in [1.165, 1.54) is 0 Å². The molecule has 0 aromatic heterocycles. The van der Waals surface area contributed by atoms with E-state index in [4.69, 9.17) is 30.2 Å². The Hall–Kier alpha value is -1.55. The number of methoxy groups -OCH3 is 2. The number of carbonyl (C=O) groups is 1. The lowest BCUT2D eigenvalue weighted by molar-refractivity contribution is -0.114. The molecule has 0 saturated heterocycles. The molecule has 0 N–H and O–H groups in total. The van der Waals surface area contributed by atoms with E-state index >= 15 is 0 Å². The van der Waals surface area contributed by atoms with Gasteiger partial charge in [-0.2, -0.15) is 0 Å². The fraction of sp³-hybridized carbons (Fsp3) is 0.464. The quantitative estimate of drug-likeness (QED) is 0.154. The molecule has 196 valence electrons. The van der Waals surface area contributed by atoms with Gasteiger partial charge in [0.25, 0.3) is 0 Å². The molecule has 0 fully saturated rings. The van der Waals surface area contributed by atoms with Crippen molar-refractivity contribution in [3.8, 4) is 17.2 Å². The molecular formula is C28H36ClIO5Si. The van der Waals surface area contributed by atoms with Crippen LogP contribution >= 0.6 is 34.2 Å². The lowest BCUT2D eigenvalue weighted by Crippen LogP contribution is -2.44. The number of ether oxygens (including phenoxy) is 3. The summed E-state index contributed by atoms with van der Waals surface area (Å²) in [5.41, 5.74) is 2.81. The Labute approximate surface area is 234 Å². The first-order chi connectivity index (χ1) is 16.9. The van der Waals surface area contributed by atoms with Gasteiger partial charge in [-0.1, -0.05) is 51.1 Å². The van der Waals surface area contributed by atoms with Gasteiger partial charge >= 0.3 is 0 Å². The van der Waals surface area contributed by atoms with Crippen LogP contribution in [0.2, 0.25) is 18.1 Å². The van der Waals surface area contributed by atoms with Crippen LogP contribution in [0, 0.1) is 3.57 Å². The molecule has 0 amide bonds. The molecule has 0 spiro atoms. The molecule has 0 saturated carbocycles. The number of rotatable bonds is 10. The zero-order valence-electron chi connectivity index (χ0n) is 22.1. The number of benzene rings is 2. The Balaban J connectivity index is 1.86. The minimum Gasteiger partial charge on any atom is -0.492 e. The third-order valence-corrected chi connectivity index (χ3v) is 12.8. The van der Waals surface area contributed by atoms with Crippen LogP contribution in [0.1, 0.15) is 38.3 Å². The summed E-state index contributed by atoms with van der Waals surface area (Å²) in [6, 6.07) is 11.9. The highest BCUT2D eigenvalue weighted by atomic mass is 127. The van der Waals surface area contributed by atoms with E-state index in [-0.39, 0.29) is 16.9 Å². The largest absolute Gasteiger partial charge is 0.492 e. The first kappa shape index (κ1) is 29.0. The Kier molecular flexibility index (Phi) is 9.57. The maximum atomic E-state index is 12.4. The van der Waals surface area contributed by atoms with Crippen molar-refractivity contribution in [1.29, 1.82) is 0 Å². The van der Waals surface area contributed by atoms with Gasteiger partial charge in [0.1, 0.15) is 6.61 Å². The van der Waals surface area contributed by atoms with Gasteiger partial charge in [-0.25, -0.2) is 0 Å². The summed E-state index contributed by atoms with van der Waals surface area (Å²) in [6.45, 7) is 11.4. The Morgan fingerprint density at radius 2 is 1.75 bits per heavy atom. The van der Waals surface area contributed by atoms with Crippen LogP contribution < -0.4 is 14.2 Å². The van der Waals surface area contributed by atoms with Gasteiger partial charge in [-0.15, -0.1) is 11.6 Å². The van der Waals surface area contributed by atoms with Gasteiger partial charge in [0.05, 0.1) is 25.7 Å². The van der Waals surface area contributed by atoms with Crippen molar-refractivity contribution >= 4 is 48.3 Å². The SMILES string of the molecule is COc1c(OCc2ccccc2)cc(I)c(C[C@H](Cl)C2=CC(=O)C[C@@H]2O[Si](C)(C)C(C)(C)C)c1OC. The van der Waals surface area contributed by atoms with E-state index < -0.39 is 13.7 Å². The normalized spacial score (nSPS) is 17.1. The predicted octanol–water partition coefficient (Wildman–Crippen LogP) is 7.33. The van der Waals surface area contributed by atoms with Gasteiger partial charge in [0, 0.05) is 15.6 Å². The molecule has 0 radical (unpaired) electrons. The summed E-state index contributed by atoms with van der Waals surface area (Å²) in [7, 11) is 1.13. The Morgan fingerprint density at radius 1 is 1.11 bits per heavy atom. The highest BCUT2D eigenvalue weighted by molar-refractivity contribution is 14.1. The van der Waals surface area contributed by atoms with Gasteiger partial charge in [-0.3, -0.25) is 4.79 Å². The van der Waals surface area contributed by atoms with Crippen LogP contribution in [0.25, 0.3) is 0 Å². The monoisotopic (exact) mass is 642 g/mol. The van der Waals surface area contributed by atoms with Crippen LogP contribution in [-0.4, -0.2) is 39.8 Å². The fourth-order valence-electron chi connectivity index (χ4n) is 3.94. The third-order valence-electron chi connectivity index (χ3n) is 6.97. The zero-order valence-corrected chi connectivity index (χ0v) is 26.0. The molecule has 0 heterocycles. The number of ketones is 1. The second-order valence-corrected chi connectivity index (χ2v) is 17.0. The Morgan fingerprint density at radius 3 is 2.33 bits per heavy atom. The summed E-state index contributed by atoms with van der Waals surface area (Å²) < 4.78 is 25.2. The molecule has 2 aromatic carbocycles. The first-order valence-electron chi connectivity index (χ1n) is 12.0. The van der Waals surface area contributed by atoms with Gasteiger partial charge in [0.2, 0.25) is 5.75 Å². The number of hydrogen-bond donors (Lipinski definition) is 0. The average Bonchev–Trinajstić information content (AvgIpc) is 3.17. The molecule has 2 atom stereocenters. The van der Waals surface area contributed by atoms with Crippen LogP contribution in [0.15, 0.2) is 48.0 Å². The van der Waals surface area contributed by atoms with Crippen molar-refractivity contribution < 1.29 is 23.4 Å². The molecule has 0 aliphatic heterocycles. The van der Waals surface area contributed by atoms with Crippen LogP contribution in [-0.2, 0) is 22.2 Å². The maximum Gasteiger partial charge on any atom is 0.203 e. The molecule has 36 heavy (non-hydrogen) atoms. The van der Waals surface area contributed by atoms with Crippen molar-refractivity contribution in [2.24, 2.45) is 0 Å². The summed E-state index contributed by atoms with van der Waals surface area (Å²) in [6.07, 6.45) is 2.19. The molecule has 1 aliphatic rings. The average molecular weight is 643 g/mol. The zero-order chi connectivity index (χ0) is 26.7. The number of carbonyl (C=O) groups excluding carboxylic acids is 1. The van der Waals surface area contributed by atoms with Crippen molar-refractivity contribution in [1.82, 2.24) is 0 Å². The van der Waals surface area contributed by atoms with Gasteiger partial charge in [0.15, 0.2) is 25.6 Å². The second-order valence-electron chi connectivity index (χ2n) is 10.5. The molecule has 8 heteroatoms. The third kappa shape index (κ3) is 6.65. The predicted molar refractivity (Wildman–Crippen MR) is 156 cm³/mol. The van der Waals surface area contributed by atoms with Gasteiger partial charge in [-0.05, 0) is 70.4 Å².